The fraction of sp³-hybridized carbons (Fsp3) is 0.143. The third-order valence-electron chi connectivity index (χ3n) is 2.80. The first-order chi connectivity index (χ1) is 10.8. The highest BCUT2D eigenvalue weighted by Gasteiger charge is 2.08. The van der Waals surface area contributed by atoms with Crippen LogP contribution in [0.5, 0.6) is 11.5 Å². The minimum Gasteiger partial charge on any atom is -0.493 e. The van der Waals surface area contributed by atoms with E-state index in [0.29, 0.717) is 22.6 Å². The van der Waals surface area contributed by atoms with Crippen LogP contribution in [0.3, 0.4) is 0 Å². The first-order valence-corrected chi connectivity index (χ1v) is 8.11. The number of ether oxygens (including phenoxy) is 2. The number of rotatable bonds is 6. The largest absolute Gasteiger partial charge is 0.493 e. The molecule has 0 bridgehead atoms. The average molecular weight is 334 g/mol. The van der Waals surface area contributed by atoms with Gasteiger partial charge >= 0.3 is 0 Å². The molecule has 1 aromatic carbocycles. The van der Waals surface area contributed by atoms with Gasteiger partial charge in [-0.2, -0.15) is 4.98 Å². The fourth-order valence-corrected chi connectivity index (χ4v) is 3.40. The molecule has 8 heteroatoms. The molecular weight excluding hydrogens is 320 g/mol. The van der Waals surface area contributed by atoms with Gasteiger partial charge in [0.05, 0.1) is 18.4 Å². The fourth-order valence-electron chi connectivity index (χ4n) is 1.81. The topological polar surface area (TPSA) is 72.1 Å². The van der Waals surface area contributed by atoms with E-state index in [1.54, 1.807) is 25.6 Å². The van der Waals surface area contributed by atoms with Gasteiger partial charge in [-0.25, -0.2) is 5.10 Å². The molecule has 114 valence electrons. The van der Waals surface area contributed by atoms with E-state index in [9.17, 15) is 0 Å². The number of hydrogen-bond donors (Lipinski definition) is 2. The highest BCUT2D eigenvalue weighted by Crippen LogP contribution is 2.32. The Labute approximate surface area is 135 Å². The molecular formula is C14H14N4O2S2. The molecule has 0 amide bonds. The summed E-state index contributed by atoms with van der Waals surface area (Å²) in [6, 6.07) is 9.60. The first-order valence-electron chi connectivity index (χ1n) is 6.41. The van der Waals surface area contributed by atoms with Crippen molar-refractivity contribution in [1.82, 2.24) is 15.2 Å². The predicted octanol–water partition coefficient (Wildman–Crippen LogP) is 3.78. The summed E-state index contributed by atoms with van der Waals surface area (Å²) in [6.07, 6.45) is 0. The molecule has 0 saturated carbocycles. The standard InChI is InChI=1S/C14H14N4O2S2/c1-19-10-6-5-9(8-11(10)20-2)15-13-16-14(18-17-13)22-12-4-3-7-21-12/h3-8H,1-2H3,(H2,15,16,17,18). The quantitative estimate of drug-likeness (QED) is 0.715. The van der Waals surface area contributed by atoms with Crippen LogP contribution in [0.25, 0.3) is 0 Å². The van der Waals surface area contributed by atoms with Crippen LogP contribution in [-0.2, 0) is 0 Å². The molecule has 2 aromatic heterocycles. The first kappa shape index (κ1) is 14.7. The van der Waals surface area contributed by atoms with E-state index in [2.05, 4.69) is 20.5 Å². The van der Waals surface area contributed by atoms with Gasteiger partial charge in [0.2, 0.25) is 11.1 Å². The van der Waals surface area contributed by atoms with Crippen molar-refractivity contribution in [3.63, 3.8) is 0 Å². The van der Waals surface area contributed by atoms with Gasteiger partial charge in [-0.3, -0.25) is 0 Å². The molecule has 0 aliphatic rings. The molecule has 0 unspecified atom stereocenters. The molecule has 2 heterocycles. The van der Waals surface area contributed by atoms with Crippen LogP contribution >= 0.6 is 23.1 Å². The van der Waals surface area contributed by atoms with E-state index in [4.69, 9.17) is 9.47 Å². The van der Waals surface area contributed by atoms with Crippen molar-refractivity contribution in [2.45, 2.75) is 9.37 Å². The van der Waals surface area contributed by atoms with Gasteiger partial charge in [0.15, 0.2) is 11.5 Å². The van der Waals surface area contributed by atoms with Crippen molar-refractivity contribution in [2.75, 3.05) is 19.5 Å². The highest BCUT2D eigenvalue weighted by molar-refractivity contribution is 8.01. The van der Waals surface area contributed by atoms with E-state index < -0.39 is 0 Å². The van der Waals surface area contributed by atoms with Gasteiger partial charge in [0, 0.05) is 11.8 Å². The molecule has 0 aliphatic heterocycles. The molecule has 0 radical (unpaired) electrons. The number of nitrogens with zero attached hydrogens (tertiary/aromatic N) is 2. The lowest BCUT2D eigenvalue weighted by molar-refractivity contribution is 0.355. The van der Waals surface area contributed by atoms with E-state index >= 15 is 0 Å². The van der Waals surface area contributed by atoms with Crippen molar-refractivity contribution >= 4 is 34.7 Å². The zero-order valence-corrected chi connectivity index (χ0v) is 13.6. The minimum absolute atomic E-state index is 0.575. The van der Waals surface area contributed by atoms with Gasteiger partial charge in [-0.15, -0.1) is 16.4 Å². The summed E-state index contributed by atoms with van der Waals surface area (Å²) in [5.41, 5.74) is 0.835. The van der Waals surface area contributed by atoms with Crippen molar-refractivity contribution < 1.29 is 9.47 Å². The Hall–Kier alpha value is -2.19. The third-order valence-corrected chi connectivity index (χ3v) is 4.70. The molecule has 22 heavy (non-hydrogen) atoms. The summed E-state index contributed by atoms with van der Waals surface area (Å²) >= 11 is 3.18. The number of nitrogens with one attached hydrogen (secondary N) is 2. The molecule has 0 aliphatic carbocycles. The van der Waals surface area contributed by atoms with Gasteiger partial charge in [0.1, 0.15) is 0 Å². The Morgan fingerprint density at radius 1 is 1.18 bits per heavy atom. The number of aromatic amines is 1. The summed E-state index contributed by atoms with van der Waals surface area (Å²) in [6.45, 7) is 0. The zero-order valence-electron chi connectivity index (χ0n) is 12.0. The normalized spacial score (nSPS) is 10.5. The molecule has 2 N–H and O–H groups in total. The number of methoxy groups -OCH3 is 2. The van der Waals surface area contributed by atoms with Crippen molar-refractivity contribution in [2.24, 2.45) is 0 Å². The van der Waals surface area contributed by atoms with Crippen molar-refractivity contribution in [1.29, 1.82) is 0 Å². The Morgan fingerprint density at radius 3 is 2.77 bits per heavy atom. The highest BCUT2D eigenvalue weighted by atomic mass is 32.2. The maximum atomic E-state index is 5.28. The van der Waals surface area contributed by atoms with Crippen LogP contribution in [0.1, 0.15) is 0 Å². The molecule has 3 rings (SSSR count). The summed E-state index contributed by atoms with van der Waals surface area (Å²) in [5.74, 6) is 1.91. The maximum absolute atomic E-state index is 5.28. The second kappa shape index (κ2) is 6.71. The number of hydrogen-bond acceptors (Lipinski definition) is 7. The second-order valence-corrected chi connectivity index (χ2v) is 6.41. The summed E-state index contributed by atoms with van der Waals surface area (Å²) in [7, 11) is 3.21. The smallest absolute Gasteiger partial charge is 0.224 e. The molecule has 0 saturated heterocycles. The van der Waals surface area contributed by atoms with E-state index in [1.807, 2.05) is 35.7 Å². The Balaban J connectivity index is 1.72. The SMILES string of the molecule is COc1ccc(Nc2nc(Sc3cccs3)n[nH]2)cc1OC. The van der Waals surface area contributed by atoms with Crippen LogP contribution in [-0.4, -0.2) is 29.4 Å². The number of thiophene rings is 1. The van der Waals surface area contributed by atoms with Gasteiger partial charge < -0.3 is 14.8 Å². The lowest BCUT2D eigenvalue weighted by Gasteiger charge is -2.09. The maximum Gasteiger partial charge on any atom is 0.224 e. The lowest BCUT2D eigenvalue weighted by Crippen LogP contribution is -1.95. The summed E-state index contributed by atoms with van der Waals surface area (Å²) < 4.78 is 11.6. The van der Waals surface area contributed by atoms with Crippen LogP contribution in [0.2, 0.25) is 0 Å². The number of anilines is 2. The predicted molar refractivity (Wildman–Crippen MR) is 87.7 cm³/mol. The van der Waals surface area contributed by atoms with E-state index in [0.717, 1.165) is 9.90 Å². The van der Waals surface area contributed by atoms with E-state index in [-0.39, 0.29) is 0 Å². The zero-order chi connectivity index (χ0) is 15.4. The number of benzene rings is 1. The van der Waals surface area contributed by atoms with Crippen LogP contribution in [0.15, 0.2) is 45.1 Å². The molecule has 0 atom stereocenters. The van der Waals surface area contributed by atoms with Crippen LogP contribution in [0, 0.1) is 0 Å². The van der Waals surface area contributed by atoms with Crippen molar-refractivity contribution in [3.05, 3.63) is 35.7 Å². The van der Waals surface area contributed by atoms with Gasteiger partial charge in [-0.1, -0.05) is 6.07 Å². The van der Waals surface area contributed by atoms with E-state index in [1.165, 1.54) is 11.8 Å². The molecule has 6 nitrogen and oxygen atoms in total. The third kappa shape index (κ3) is 3.34. The number of aromatic nitrogens is 3. The van der Waals surface area contributed by atoms with Gasteiger partial charge in [-0.05, 0) is 35.3 Å². The summed E-state index contributed by atoms with van der Waals surface area (Å²) in [4.78, 5) is 4.40. The molecule has 3 aromatic rings. The van der Waals surface area contributed by atoms with Crippen LogP contribution in [0.4, 0.5) is 11.6 Å². The second-order valence-electron chi connectivity index (χ2n) is 4.20. The summed E-state index contributed by atoms with van der Waals surface area (Å²) in [5, 5.41) is 12.9. The molecule has 0 spiro atoms. The Bertz CT molecular complexity index is 743. The van der Waals surface area contributed by atoms with Crippen LogP contribution < -0.4 is 14.8 Å². The monoisotopic (exact) mass is 334 g/mol. The Kier molecular flexibility index (Phi) is 4.50. The minimum atomic E-state index is 0.575. The molecule has 0 fully saturated rings. The number of H-pyrrole nitrogens is 1. The average Bonchev–Trinajstić information content (AvgIpc) is 3.20. The Morgan fingerprint density at radius 2 is 2.05 bits per heavy atom. The van der Waals surface area contributed by atoms with Crippen molar-refractivity contribution in [3.8, 4) is 11.5 Å². The lowest BCUT2D eigenvalue weighted by atomic mass is 10.3. The van der Waals surface area contributed by atoms with Gasteiger partial charge in [0.25, 0.3) is 0 Å².